The minimum atomic E-state index is 0.492. The molecule has 0 aliphatic heterocycles. The molecule has 4 nitrogen and oxygen atoms in total. The van der Waals surface area contributed by atoms with Gasteiger partial charge >= 0.3 is 0 Å². The molecule has 78 valence electrons. The molecule has 0 saturated carbocycles. The van der Waals surface area contributed by atoms with Gasteiger partial charge in [-0.15, -0.1) is 10.2 Å². The molecule has 0 radical (unpaired) electrons. The van der Waals surface area contributed by atoms with Crippen molar-refractivity contribution < 1.29 is 4.74 Å². The van der Waals surface area contributed by atoms with Gasteiger partial charge in [-0.25, -0.2) is 0 Å². The number of hydrogen-bond donors (Lipinski definition) is 1. The van der Waals surface area contributed by atoms with Gasteiger partial charge in [0.25, 0.3) is 0 Å². The number of anilines is 1. The van der Waals surface area contributed by atoms with E-state index in [1.54, 1.807) is 7.11 Å². The SMILES string of the molecule is COc1ccc(Sc2nnc(N)s2)cc1. The topological polar surface area (TPSA) is 61.0 Å². The third kappa shape index (κ3) is 2.60. The average molecular weight is 239 g/mol. The van der Waals surface area contributed by atoms with Crippen LogP contribution in [0, 0.1) is 0 Å². The molecule has 0 unspecified atom stereocenters. The fraction of sp³-hybridized carbons (Fsp3) is 0.111. The molecule has 1 heterocycles. The molecule has 0 spiro atoms. The highest BCUT2D eigenvalue weighted by atomic mass is 32.2. The van der Waals surface area contributed by atoms with E-state index in [0.29, 0.717) is 5.13 Å². The van der Waals surface area contributed by atoms with E-state index in [4.69, 9.17) is 10.5 Å². The number of ether oxygens (including phenoxy) is 1. The maximum Gasteiger partial charge on any atom is 0.203 e. The number of hydrogen-bond acceptors (Lipinski definition) is 6. The summed E-state index contributed by atoms with van der Waals surface area (Å²) in [5.41, 5.74) is 5.49. The van der Waals surface area contributed by atoms with Gasteiger partial charge in [0, 0.05) is 4.90 Å². The van der Waals surface area contributed by atoms with Gasteiger partial charge in [-0.3, -0.25) is 0 Å². The lowest BCUT2D eigenvalue weighted by molar-refractivity contribution is 0.414. The Kier molecular flexibility index (Phi) is 3.08. The minimum Gasteiger partial charge on any atom is -0.497 e. The van der Waals surface area contributed by atoms with Crippen LogP contribution in [0.5, 0.6) is 5.75 Å². The van der Waals surface area contributed by atoms with Crippen molar-refractivity contribution in [3.63, 3.8) is 0 Å². The second-order valence-electron chi connectivity index (χ2n) is 2.68. The Balaban J connectivity index is 2.11. The van der Waals surface area contributed by atoms with Crippen molar-refractivity contribution in [2.24, 2.45) is 0 Å². The Bertz CT molecular complexity index is 441. The summed E-state index contributed by atoms with van der Waals surface area (Å²) in [5.74, 6) is 0.844. The summed E-state index contributed by atoms with van der Waals surface area (Å²) < 4.78 is 5.91. The summed E-state index contributed by atoms with van der Waals surface area (Å²) in [5, 5.41) is 8.17. The lowest BCUT2D eigenvalue weighted by Crippen LogP contribution is -1.81. The van der Waals surface area contributed by atoms with Gasteiger partial charge in [0.15, 0.2) is 4.34 Å². The van der Waals surface area contributed by atoms with Crippen LogP contribution < -0.4 is 10.5 Å². The van der Waals surface area contributed by atoms with E-state index in [2.05, 4.69) is 10.2 Å². The number of nitrogen functional groups attached to an aromatic ring is 1. The third-order valence-electron chi connectivity index (χ3n) is 1.69. The lowest BCUT2D eigenvalue weighted by Gasteiger charge is -2.00. The molecule has 6 heteroatoms. The molecule has 0 atom stereocenters. The standard InChI is InChI=1S/C9H9N3OS2/c1-13-6-2-4-7(5-3-6)14-9-12-11-8(10)15-9/h2-5H,1H3,(H2,10,11). The maximum atomic E-state index is 5.49. The molecule has 0 amide bonds. The summed E-state index contributed by atoms with van der Waals surface area (Å²) >= 11 is 2.92. The van der Waals surface area contributed by atoms with Gasteiger partial charge in [-0.1, -0.05) is 23.1 Å². The van der Waals surface area contributed by atoms with Crippen LogP contribution in [0.2, 0.25) is 0 Å². The normalized spacial score (nSPS) is 10.2. The molecule has 1 aromatic carbocycles. The predicted octanol–water partition coefficient (Wildman–Crippen LogP) is 2.28. The van der Waals surface area contributed by atoms with Crippen molar-refractivity contribution in [2.45, 2.75) is 9.24 Å². The average Bonchev–Trinajstić information content (AvgIpc) is 2.65. The van der Waals surface area contributed by atoms with Crippen LogP contribution in [0.15, 0.2) is 33.5 Å². The molecule has 0 aliphatic rings. The number of nitrogens with zero attached hydrogens (tertiary/aromatic N) is 2. The van der Waals surface area contributed by atoms with Crippen LogP contribution in [0.25, 0.3) is 0 Å². The molecule has 1 aromatic heterocycles. The van der Waals surface area contributed by atoms with Crippen LogP contribution >= 0.6 is 23.1 Å². The first-order valence-electron chi connectivity index (χ1n) is 4.19. The minimum absolute atomic E-state index is 0.492. The summed E-state index contributed by atoms with van der Waals surface area (Å²) in [6.45, 7) is 0. The van der Waals surface area contributed by atoms with Crippen LogP contribution in [0.3, 0.4) is 0 Å². The Morgan fingerprint density at radius 1 is 1.27 bits per heavy atom. The smallest absolute Gasteiger partial charge is 0.203 e. The molecule has 2 rings (SSSR count). The number of benzene rings is 1. The monoisotopic (exact) mass is 239 g/mol. The van der Waals surface area contributed by atoms with E-state index in [9.17, 15) is 0 Å². The molecule has 0 bridgehead atoms. The molecule has 2 aromatic rings. The molecule has 0 aliphatic carbocycles. The molecular formula is C9H9N3OS2. The summed E-state index contributed by atoms with van der Waals surface area (Å²) in [6.07, 6.45) is 0. The zero-order chi connectivity index (χ0) is 10.7. The van der Waals surface area contributed by atoms with Gasteiger partial charge in [0.2, 0.25) is 5.13 Å². The van der Waals surface area contributed by atoms with Crippen LogP contribution in [0.1, 0.15) is 0 Å². The van der Waals surface area contributed by atoms with Crippen molar-refractivity contribution in [1.29, 1.82) is 0 Å². The first-order chi connectivity index (χ1) is 7.28. The Morgan fingerprint density at radius 2 is 2.00 bits per heavy atom. The van der Waals surface area contributed by atoms with E-state index in [1.165, 1.54) is 23.1 Å². The lowest BCUT2D eigenvalue weighted by atomic mass is 10.3. The zero-order valence-electron chi connectivity index (χ0n) is 8.01. The van der Waals surface area contributed by atoms with Crippen LogP contribution in [0.4, 0.5) is 5.13 Å². The van der Waals surface area contributed by atoms with E-state index in [-0.39, 0.29) is 0 Å². The third-order valence-corrected chi connectivity index (χ3v) is 3.50. The highest BCUT2D eigenvalue weighted by Gasteiger charge is 2.03. The van der Waals surface area contributed by atoms with Gasteiger partial charge in [0.05, 0.1) is 7.11 Å². The van der Waals surface area contributed by atoms with Crippen molar-refractivity contribution in [3.8, 4) is 5.75 Å². The molecular weight excluding hydrogens is 230 g/mol. The van der Waals surface area contributed by atoms with Gasteiger partial charge < -0.3 is 10.5 Å². The number of nitrogens with two attached hydrogens (primary N) is 1. The summed E-state index contributed by atoms with van der Waals surface area (Å²) in [6, 6.07) is 7.77. The van der Waals surface area contributed by atoms with Crippen LogP contribution in [-0.2, 0) is 0 Å². The van der Waals surface area contributed by atoms with Gasteiger partial charge in [-0.05, 0) is 24.3 Å². The highest BCUT2D eigenvalue weighted by Crippen LogP contribution is 2.31. The first-order valence-corrected chi connectivity index (χ1v) is 5.82. The van der Waals surface area contributed by atoms with E-state index >= 15 is 0 Å². The second kappa shape index (κ2) is 4.50. The van der Waals surface area contributed by atoms with E-state index in [1.807, 2.05) is 24.3 Å². The quantitative estimate of drug-likeness (QED) is 0.890. The van der Waals surface area contributed by atoms with E-state index in [0.717, 1.165) is 15.0 Å². The highest BCUT2D eigenvalue weighted by molar-refractivity contribution is 8.01. The fourth-order valence-corrected chi connectivity index (χ4v) is 2.62. The number of methoxy groups -OCH3 is 1. The van der Waals surface area contributed by atoms with Crippen LogP contribution in [-0.4, -0.2) is 17.3 Å². The maximum absolute atomic E-state index is 5.49. The first kappa shape index (κ1) is 10.3. The Morgan fingerprint density at radius 3 is 2.53 bits per heavy atom. The fourth-order valence-electron chi connectivity index (χ4n) is 1.01. The zero-order valence-corrected chi connectivity index (χ0v) is 9.64. The van der Waals surface area contributed by atoms with Gasteiger partial charge in [-0.2, -0.15) is 0 Å². The summed E-state index contributed by atoms with van der Waals surface area (Å²) in [4.78, 5) is 1.09. The number of aromatic nitrogens is 2. The Hall–Kier alpha value is -1.27. The Labute approximate surface area is 95.5 Å². The molecule has 2 N–H and O–H groups in total. The van der Waals surface area contributed by atoms with Crippen molar-refractivity contribution in [2.75, 3.05) is 12.8 Å². The molecule has 0 fully saturated rings. The van der Waals surface area contributed by atoms with E-state index < -0.39 is 0 Å². The summed E-state index contributed by atoms with van der Waals surface area (Å²) in [7, 11) is 1.65. The largest absolute Gasteiger partial charge is 0.497 e. The number of rotatable bonds is 3. The van der Waals surface area contributed by atoms with Crippen molar-refractivity contribution in [1.82, 2.24) is 10.2 Å². The van der Waals surface area contributed by atoms with Crippen molar-refractivity contribution in [3.05, 3.63) is 24.3 Å². The second-order valence-corrected chi connectivity index (χ2v) is 5.01. The van der Waals surface area contributed by atoms with Crippen molar-refractivity contribution >= 4 is 28.2 Å². The molecule has 0 saturated heterocycles. The predicted molar refractivity (Wildman–Crippen MR) is 61.4 cm³/mol. The van der Waals surface area contributed by atoms with Gasteiger partial charge in [0.1, 0.15) is 5.75 Å². The molecule has 15 heavy (non-hydrogen) atoms.